The van der Waals surface area contributed by atoms with Crippen molar-refractivity contribution in [2.75, 3.05) is 6.54 Å². The molecule has 2 aliphatic rings. The van der Waals surface area contributed by atoms with Crippen molar-refractivity contribution in [1.29, 1.82) is 0 Å². The van der Waals surface area contributed by atoms with Crippen LogP contribution in [0.25, 0.3) is 10.4 Å². The van der Waals surface area contributed by atoms with Crippen molar-refractivity contribution in [3.8, 4) is 10.4 Å². The van der Waals surface area contributed by atoms with E-state index >= 15 is 0 Å². The highest BCUT2D eigenvalue weighted by Gasteiger charge is 2.44. The lowest BCUT2D eigenvalue weighted by Gasteiger charge is -2.30. The molecular formula is C24H26N4O5S. The van der Waals surface area contributed by atoms with Crippen LogP contribution in [0, 0.1) is 12.8 Å². The van der Waals surface area contributed by atoms with Gasteiger partial charge in [-0.2, -0.15) is 0 Å². The number of aldehydes is 1. The molecule has 0 aliphatic carbocycles. The lowest BCUT2D eigenvalue weighted by Crippen LogP contribution is -2.53. The first-order chi connectivity index (χ1) is 16.3. The van der Waals surface area contributed by atoms with E-state index in [2.05, 4.69) is 10.3 Å². The first-order valence-corrected chi connectivity index (χ1v) is 12.1. The maximum absolute atomic E-state index is 13.1. The van der Waals surface area contributed by atoms with Gasteiger partial charge in [0.15, 0.2) is 0 Å². The molecule has 2 saturated heterocycles. The van der Waals surface area contributed by atoms with Crippen molar-refractivity contribution in [3.63, 3.8) is 0 Å². The summed E-state index contributed by atoms with van der Waals surface area (Å²) >= 11 is 1.57. The molecular weight excluding hydrogens is 456 g/mol. The third-order valence-corrected chi connectivity index (χ3v) is 7.35. The van der Waals surface area contributed by atoms with Crippen molar-refractivity contribution >= 4 is 41.3 Å². The van der Waals surface area contributed by atoms with E-state index < -0.39 is 35.7 Å². The average molecular weight is 483 g/mol. The SMILES string of the molecule is Cc1ncsc1-c1ccc(CNC(=O)[C@@H]2C[C@@H](C=O)CN2C(=O)C(C)N2C(=O)CCC2=O)cc1. The van der Waals surface area contributed by atoms with Crippen LogP contribution in [0.4, 0.5) is 0 Å². The van der Waals surface area contributed by atoms with Gasteiger partial charge in [0.1, 0.15) is 18.4 Å². The molecule has 1 N–H and O–H groups in total. The monoisotopic (exact) mass is 482 g/mol. The van der Waals surface area contributed by atoms with Gasteiger partial charge >= 0.3 is 0 Å². The summed E-state index contributed by atoms with van der Waals surface area (Å²) in [7, 11) is 0. The van der Waals surface area contributed by atoms with Gasteiger partial charge in [-0.1, -0.05) is 24.3 Å². The molecule has 34 heavy (non-hydrogen) atoms. The first-order valence-electron chi connectivity index (χ1n) is 11.2. The summed E-state index contributed by atoms with van der Waals surface area (Å²) in [5.74, 6) is -2.13. The fourth-order valence-electron chi connectivity index (χ4n) is 4.50. The van der Waals surface area contributed by atoms with E-state index in [1.54, 1.807) is 16.8 Å². The number of aryl methyl sites for hydroxylation is 1. The number of hydrogen-bond donors (Lipinski definition) is 1. The number of carbonyl (C=O) groups excluding carboxylic acids is 5. The zero-order valence-electron chi connectivity index (χ0n) is 19.0. The zero-order chi connectivity index (χ0) is 24.4. The molecule has 2 aromatic rings. The number of nitrogens with zero attached hydrogens (tertiary/aromatic N) is 3. The number of carbonyl (C=O) groups is 5. The second-order valence-corrected chi connectivity index (χ2v) is 9.51. The summed E-state index contributed by atoms with van der Waals surface area (Å²) in [6.07, 6.45) is 1.11. The molecule has 2 fully saturated rings. The molecule has 3 heterocycles. The number of hydrogen-bond acceptors (Lipinski definition) is 7. The Balaban J connectivity index is 1.42. The summed E-state index contributed by atoms with van der Waals surface area (Å²) in [6, 6.07) is 5.95. The van der Waals surface area contributed by atoms with Gasteiger partial charge < -0.3 is 15.0 Å². The number of likely N-dealkylation sites (tertiary alicyclic amines) is 2. The summed E-state index contributed by atoms with van der Waals surface area (Å²) in [6.45, 7) is 3.80. The number of aromatic nitrogens is 1. The Bertz CT molecular complexity index is 1110. The fraction of sp³-hybridized carbons (Fsp3) is 0.417. The Morgan fingerprint density at radius 1 is 1.21 bits per heavy atom. The Hall–Kier alpha value is -3.40. The zero-order valence-corrected chi connectivity index (χ0v) is 19.8. The number of thiazole rings is 1. The lowest BCUT2D eigenvalue weighted by molar-refractivity contribution is -0.151. The van der Waals surface area contributed by atoms with Crippen LogP contribution in [0.2, 0.25) is 0 Å². The molecule has 1 aromatic heterocycles. The maximum atomic E-state index is 13.1. The second-order valence-electron chi connectivity index (χ2n) is 8.65. The predicted molar refractivity (Wildman–Crippen MR) is 124 cm³/mol. The van der Waals surface area contributed by atoms with Gasteiger partial charge in [0.05, 0.1) is 16.1 Å². The third-order valence-electron chi connectivity index (χ3n) is 6.37. The van der Waals surface area contributed by atoms with Crippen LogP contribution in [0.5, 0.6) is 0 Å². The van der Waals surface area contributed by atoms with Gasteiger partial charge in [-0.15, -0.1) is 11.3 Å². The van der Waals surface area contributed by atoms with Gasteiger partial charge in [-0.05, 0) is 31.4 Å². The largest absolute Gasteiger partial charge is 0.350 e. The van der Waals surface area contributed by atoms with Crippen molar-refractivity contribution in [1.82, 2.24) is 20.1 Å². The average Bonchev–Trinajstić information content (AvgIpc) is 3.55. The van der Waals surface area contributed by atoms with Crippen molar-refractivity contribution in [3.05, 3.63) is 41.0 Å². The highest BCUT2D eigenvalue weighted by atomic mass is 32.1. The highest BCUT2D eigenvalue weighted by molar-refractivity contribution is 7.13. The van der Waals surface area contributed by atoms with Crippen LogP contribution in [0.1, 0.15) is 37.4 Å². The van der Waals surface area contributed by atoms with E-state index in [9.17, 15) is 24.0 Å². The Labute approximate surface area is 201 Å². The molecule has 178 valence electrons. The van der Waals surface area contributed by atoms with Gasteiger partial charge in [-0.3, -0.25) is 24.1 Å². The molecule has 1 unspecified atom stereocenters. The third kappa shape index (κ3) is 4.63. The smallest absolute Gasteiger partial charge is 0.246 e. The molecule has 0 radical (unpaired) electrons. The molecule has 0 spiro atoms. The van der Waals surface area contributed by atoms with E-state index in [1.165, 1.54) is 11.8 Å². The van der Waals surface area contributed by atoms with Crippen LogP contribution < -0.4 is 5.32 Å². The molecule has 0 saturated carbocycles. The van der Waals surface area contributed by atoms with E-state index in [0.717, 1.165) is 32.9 Å². The minimum absolute atomic E-state index is 0.0820. The number of rotatable bonds is 7. The molecule has 4 amide bonds. The minimum atomic E-state index is -1.01. The second kappa shape index (κ2) is 9.84. The van der Waals surface area contributed by atoms with Crippen molar-refractivity contribution in [2.45, 2.75) is 51.7 Å². The molecule has 1 aromatic carbocycles. The Morgan fingerprint density at radius 2 is 1.88 bits per heavy atom. The Morgan fingerprint density at radius 3 is 2.47 bits per heavy atom. The number of imide groups is 1. The van der Waals surface area contributed by atoms with Gasteiger partial charge in [0.2, 0.25) is 23.6 Å². The molecule has 2 aliphatic heterocycles. The Kier molecular flexibility index (Phi) is 6.87. The topological polar surface area (TPSA) is 117 Å². The quantitative estimate of drug-likeness (QED) is 0.474. The number of amides is 4. The predicted octanol–water partition coefficient (Wildman–Crippen LogP) is 1.69. The van der Waals surface area contributed by atoms with Crippen LogP contribution in [-0.4, -0.2) is 63.3 Å². The lowest BCUT2D eigenvalue weighted by atomic mass is 10.1. The van der Waals surface area contributed by atoms with Gasteiger partial charge in [0, 0.05) is 31.8 Å². The van der Waals surface area contributed by atoms with Gasteiger partial charge in [0.25, 0.3) is 0 Å². The van der Waals surface area contributed by atoms with Crippen LogP contribution in [0.3, 0.4) is 0 Å². The molecule has 9 nitrogen and oxygen atoms in total. The van der Waals surface area contributed by atoms with Crippen molar-refractivity contribution < 1.29 is 24.0 Å². The molecule has 0 bridgehead atoms. The summed E-state index contributed by atoms with van der Waals surface area (Å²) in [4.78, 5) is 69.3. The number of benzene rings is 1. The van der Waals surface area contributed by atoms with Gasteiger partial charge in [-0.25, -0.2) is 4.98 Å². The van der Waals surface area contributed by atoms with Crippen molar-refractivity contribution in [2.24, 2.45) is 5.92 Å². The van der Waals surface area contributed by atoms with E-state index in [0.29, 0.717) is 0 Å². The molecule has 10 heteroatoms. The van der Waals surface area contributed by atoms with E-state index in [-0.39, 0.29) is 38.3 Å². The van der Waals surface area contributed by atoms with Crippen LogP contribution >= 0.6 is 11.3 Å². The summed E-state index contributed by atoms with van der Waals surface area (Å²) in [5.41, 5.74) is 4.71. The maximum Gasteiger partial charge on any atom is 0.246 e. The minimum Gasteiger partial charge on any atom is -0.350 e. The van der Waals surface area contributed by atoms with Crippen LogP contribution in [-0.2, 0) is 30.5 Å². The first kappa shape index (κ1) is 23.7. The van der Waals surface area contributed by atoms with E-state index in [4.69, 9.17) is 0 Å². The summed E-state index contributed by atoms with van der Waals surface area (Å²) < 4.78 is 0. The molecule has 4 rings (SSSR count). The highest BCUT2D eigenvalue weighted by Crippen LogP contribution is 2.28. The van der Waals surface area contributed by atoms with Crippen LogP contribution in [0.15, 0.2) is 29.8 Å². The normalized spacial score (nSPS) is 21.1. The molecule has 3 atom stereocenters. The number of nitrogens with one attached hydrogen (secondary N) is 1. The van der Waals surface area contributed by atoms with E-state index in [1.807, 2.05) is 31.2 Å². The summed E-state index contributed by atoms with van der Waals surface area (Å²) in [5, 5.41) is 2.86. The standard InChI is InChI=1S/C24H26N4O5S/c1-14-22(34-13-26-14)18-5-3-16(4-6-18)10-25-23(32)19-9-17(12-29)11-27(19)24(33)15(2)28-20(30)7-8-21(28)31/h3-6,12-13,15,17,19H,7-11H2,1-2H3,(H,25,32)/t15?,17-,19+/m1/s1. The fourth-order valence-corrected chi connectivity index (χ4v) is 5.31.